The number of hydrogen-bond donors (Lipinski definition) is 2. The van der Waals surface area contributed by atoms with Gasteiger partial charge in [0.15, 0.2) is 0 Å². The van der Waals surface area contributed by atoms with Crippen molar-refractivity contribution in [1.29, 1.82) is 0 Å². The van der Waals surface area contributed by atoms with Crippen molar-refractivity contribution in [3.8, 4) is 5.75 Å². The molecule has 2 aliphatic rings. The molecule has 0 unspecified atom stereocenters. The number of imidazole rings is 1. The molecule has 184 valence electrons. The molecule has 35 heavy (non-hydrogen) atoms. The van der Waals surface area contributed by atoms with E-state index in [4.69, 9.17) is 4.74 Å². The summed E-state index contributed by atoms with van der Waals surface area (Å²) in [5.74, 6) is 1.88. The molecule has 0 saturated carbocycles. The molecule has 1 spiro atoms. The average molecular weight is 475 g/mol. The maximum absolute atomic E-state index is 13.4. The Morgan fingerprint density at radius 2 is 1.89 bits per heavy atom. The van der Waals surface area contributed by atoms with Gasteiger partial charge in [-0.3, -0.25) is 9.59 Å². The van der Waals surface area contributed by atoms with Crippen LogP contribution < -0.4 is 10.1 Å². The number of aryl methyl sites for hydroxylation is 2. The number of para-hydroxylation sites is 1. The van der Waals surface area contributed by atoms with Gasteiger partial charge in [-0.1, -0.05) is 31.0 Å². The molecule has 0 radical (unpaired) electrons. The van der Waals surface area contributed by atoms with Gasteiger partial charge in [-0.25, -0.2) is 4.98 Å². The first-order chi connectivity index (χ1) is 17.0. The highest BCUT2D eigenvalue weighted by atomic mass is 16.5. The highest BCUT2D eigenvalue weighted by Gasteiger charge is 2.41. The summed E-state index contributed by atoms with van der Waals surface area (Å²) < 4.78 is 5.98. The number of carbonyl (C=O) groups is 2. The van der Waals surface area contributed by atoms with E-state index in [-0.39, 0.29) is 11.8 Å². The number of fused-ring (bicyclic) bond motifs is 2. The fourth-order valence-corrected chi connectivity index (χ4v) is 5.50. The number of ether oxygens (including phenoxy) is 1. The predicted molar refractivity (Wildman–Crippen MR) is 136 cm³/mol. The molecule has 2 aliphatic heterocycles. The third-order valence-electron chi connectivity index (χ3n) is 7.56. The van der Waals surface area contributed by atoms with E-state index in [1.165, 1.54) is 5.56 Å². The summed E-state index contributed by atoms with van der Waals surface area (Å²) in [5, 5.41) is 3.13. The van der Waals surface area contributed by atoms with Crippen molar-refractivity contribution in [3.05, 3.63) is 59.4 Å². The molecule has 7 heteroatoms. The fourth-order valence-electron chi connectivity index (χ4n) is 5.50. The van der Waals surface area contributed by atoms with Crippen LogP contribution in [0, 0.1) is 12.3 Å². The normalized spacial score (nSPS) is 19.1. The Hall–Kier alpha value is -3.35. The van der Waals surface area contributed by atoms with Crippen molar-refractivity contribution < 1.29 is 14.3 Å². The smallest absolute Gasteiger partial charge is 0.253 e. The molecule has 2 N–H and O–H groups in total. The molecule has 0 atom stereocenters. The van der Waals surface area contributed by atoms with Crippen LogP contribution in [0.5, 0.6) is 5.75 Å². The molecule has 1 saturated heterocycles. The summed E-state index contributed by atoms with van der Waals surface area (Å²) >= 11 is 0. The van der Waals surface area contributed by atoms with Gasteiger partial charge in [0.1, 0.15) is 18.2 Å². The molecule has 5 rings (SSSR count). The number of H-pyrrole nitrogens is 1. The number of hydrogen-bond acceptors (Lipinski definition) is 4. The Morgan fingerprint density at radius 3 is 2.74 bits per heavy atom. The van der Waals surface area contributed by atoms with Gasteiger partial charge < -0.3 is 19.9 Å². The standard InChI is InChI=1S/C28H34N4O3/c1-20-30-23-11-10-22(19-24(23)31-20)26(33)32-16-13-28(14-17-32)12-6-2-3-7-21-8-4-5-9-25(21)35-18-15-29-27(28)34/h4-5,8-11,19H,2-3,6-7,12-18H2,1H3,(H,29,34)(H,30,31). The average Bonchev–Trinajstić information content (AvgIpc) is 3.26. The van der Waals surface area contributed by atoms with Gasteiger partial charge in [-0.05, 0) is 68.9 Å². The minimum atomic E-state index is -0.415. The minimum Gasteiger partial charge on any atom is -0.491 e. The van der Waals surface area contributed by atoms with Crippen molar-refractivity contribution in [2.24, 2.45) is 5.41 Å². The fraction of sp³-hybridized carbons (Fsp3) is 0.464. The summed E-state index contributed by atoms with van der Waals surface area (Å²) in [5.41, 5.74) is 3.23. The Kier molecular flexibility index (Phi) is 6.75. The number of aromatic nitrogens is 2. The lowest BCUT2D eigenvalue weighted by Gasteiger charge is -2.41. The second-order valence-corrected chi connectivity index (χ2v) is 9.90. The largest absolute Gasteiger partial charge is 0.491 e. The number of amides is 2. The zero-order chi connectivity index (χ0) is 24.3. The Morgan fingerprint density at radius 1 is 1.06 bits per heavy atom. The second-order valence-electron chi connectivity index (χ2n) is 9.90. The first kappa shape index (κ1) is 23.4. The summed E-state index contributed by atoms with van der Waals surface area (Å²) in [7, 11) is 0. The van der Waals surface area contributed by atoms with Crippen LogP contribution in [0.3, 0.4) is 0 Å². The zero-order valence-corrected chi connectivity index (χ0v) is 20.4. The van der Waals surface area contributed by atoms with Gasteiger partial charge in [0.05, 0.1) is 23.0 Å². The van der Waals surface area contributed by atoms with Crippen molar-refractivity contribution in [1.82, 2.24) is 20.2 Å². The lowest BCUT2D eigenvalue weighted by atomic mass is 9.73. The number of piperidine rings is 1. The van der Waals surface area contributed by atoms with Gasteiger partial charge in [-0.15, -0.1) is 0 Å². The molecule has 2 aromatic carbocycles. The molecular weight excluding hydrogens is 440 g/mol. The Balaban J connectivity index is 1.24. The molecule has 1 fully saturated rings. The van der Waals surface area contributed by atoms with Crippen molar-refractivity contribution in [2.75, 3.05) is 26.2 Å². The van der Waals surface area contributed by atoms with E-state index >= 15 is 0 Å². The Bertz CT molecular complexity index is 1210. The highest BCUT2D eigenvalue weighted by Crippen LogP contribution is 2.38. The molecule has 0 aliphatic carbocycles. The van der Waals surface area contributed by atoms with Gasteiger partial charge in [-0.2, -0.15) is 0 Å². The van der Waals surface area contributed by atoms with E-state index in [0.29, 0.717) is 44.6 Å². The molecule has 7 nitrogen and oxygen atoms in total. The van der Waals surface area contributed by atoms with Crippen LogP contribution in [0.25, 0.3) is 11.0 Å². The Labute approximate surface area is 206 Å². The van der Waals surface area contributed by atoms with E-state index in [1.54, 1.807) is 0 Å². The second kappa shape index (κ2) is 10.1. The summed E-state index contributed by atoms with van der Waals surface area (Å²) in [6, 6.07) is 13.8. The summed E-state index contributed by atoms with van der Waals surface area (Å²) in [6.07, 6.45) is 6.41. The van der Waals surface area contributed by atoms with Crippen LogP contribution in [0.2, 0.25) is 0 Å². The van der Waals surface area contributed by atoms with E-state index in [9.17, 15) is 9.59 Å². The number of nitrogens with one attached hydrogen (secondary N) is 2. The molecule has 0 bridgehead atoms. The van der Waals surface area contributed by atoms with Crippen LogP contribution >= 0.6 is 0 Å². The van der Waals surface area contributed by atoms with Gasteiger partial charge in [0, 0.05) is 18.7 Å². The molecular formula is C28H34N4O3. The summed E-state index contributed by atoms with van der Waals surface area (Å²) in [4.78, 5) is 36.1. The molecule has 2 amide bonds. The third-order valence-corrected chi connectivity index (χ3v) is 7.56. The zero-order valence-electron chi connectivity index (χ0n) is 20.4. The van der Waals surface area contributed by atoms with Crippen LogP contribution in [0.1, 0.15) is 60.3 Å². The van der Waals surface area contributed by atoms with Crippen molar-refractivity contribution in [3.63, 3.8) is 0 Å². The topological polar surface area (TPSA) is 87.3 Å². The molecule has 3 aromatic rings. The highest BCUT2D eigenvalue weighted by molar-refractivity contribution is 5.97. The lowest BCUT2D eigenvalue weighted by molar-refractivity contribution is -0.134. The van der Waals surface area contributed by atoms with E-state index in [2.05, 4.69) is 27.4 Å². The first-order valence-corrected chi connectivity index (χ1v) is 12.8. The van der Waals surface area contributed by atoms with E-state index < -0.39 is 5.41 Å². The maximum Gasteiger partial charge on any atom is 0.253 e. The lowest BCUT2D eigenvalue weighted by Crippen LogP contribution is -2.50. The summed E-state index contributed by atoms with van der Waals surface area (Å²) in [6.45, 7) is 4.04. The molecule has 3 heterocycles. The van der Waals surface area contributed by atoms with E-state index in [1.807, 2.05) is 42.2 Å². The number of nitrogens with zero attached hydrogens (tertiary/aromatic N) is 2. The maximum atomic E-state index is 13.4. The predicted octanol–water partition coefficient (Wildman–Crippen LogP) is 4.41. The number of benzene rings is 2. The minimum absolute atomic E-state index is 0.0187. The monoisotopic (exact) mass is 474 g/mol. The number of likely N-dealkylation sites (tertiary alicyclic amines) is 1. The number of aromatic amines is 1. The van der Waals surface area contributed by atoms with Gasteiger partial charge >= 0.3 is 0 Å². The van der Waals surface area contributed by atoms with Gasteiger partial charge in [0.2, 0.25) is 5.91 Å². The molecule has 1 aromatic heterocycles. The van der Waals surface area contributed by atoms with Crippen LogP contribution in [0.4, 0.5) is 0 Å². The third kappa shape index (κ3) is 5.04. The first-order valence-electron chi connectivity index (χ1n) is 12.8. The van der Waals surface area contributed by atoms with Crippen LogP contribution in [-0.4, -0.2) is 52.9 Å². The quantitative estimate of drug-likeness (QED) is 0.547. The van der Waals surface area contributed by atoms with Gasteiger partial charge in [0.25, 0.3) is 5.91 Å². The van der Waals surface area contributed by atoms with Crippen molar-refractivity contribution in [2.45, 2.75) is 51.9 Å². The van der Waals surface area contributed by atoms with E-state index in [0.717, 1.165) is 54.7 Å². The van der Waals surface area contributed by atoms with Crippen LogP contribution in [0.15, 0.2) is 42.5 Å². The van der Waals surface area contributed by atoms with Crippen LogP contribution in [-0.2, 0) is 11.2 Å². The number of carbonyl (C=O) groups excluding carboxylic acids is 2. The number of rotatable bonds is 1. The van der Waals surface area contributed by atoms with Crippen molar-refractivity contribution >= 4 is 22.8 Å². The SMILES string of the molecule is Cc1nc2ccc(C(=O)N3CCC4(CCCCCc5ccccc5OCCNC4=O)CC3)cc2[nH]1.